The largest absolute Gasteiger partial charge is 3.00 e. The molecule has 0 heterocycles. The molecule has 0 saturated carbocycles. The quantitative estimate of drug-likeness (QED) is 0.147. The van der Waals surface area contributed by atoms with Crippen LogP contribution in [0.3, 0.4) is 0 Å². The minimum absolute atomic E-state index is 0. The van der Waals surface area contributed by atoms with Crippen molar-refractivity contribution < 1.29 is 87.5 Å². The molecule has 0 spiro atoms. The van der Waals surface area contributed by atoms with E-state index in [-0.39, 0.29) is 19.5 Å². The van der Waals surface area contributed by atoms with E-state index in [9.17, 15) is 58.5 Å². The van der Waals surface area contributed by atoms with Crippen molar-refractivity contribution in [2.45, 2.75) is 40.0 Å². The molecule has 0 aromatic carbocycles. The molecule has 0 fully saturated rings. The Morgan fingerprint density at radius 3 is 0.625 bits per heavy atom. The van der Waals surface area contributed by atoms with Crippen molar-refractivity contribution in [2.75, 3.05) is 0 Å². The summed E-state index contributed by atoms with van der Waals surface area (Å²) in [6.45, 7) is 7.42. The van der Waals surface area contributed by atoms with Gasteiger partial charge in [0.15, 0.2) is 17.3 Å². The summed E-state index contributed by atoms with van der Waals surface area (Å²) in [5.41, 5.74) is 0. The summed E-state index contributed by atoms with van der Waals surface area (Å²) in [5.74, 6) is -10.3. The summed E-state index contributed by atoms with van der Waals surface area (Å²) in [6, 6.07) is 0. The van der Waals surface area contributed by atoms with Gasteiger partial charge in [-0.3, -0.25) is 28.8 Å². The maximum Gasteiger partial charge on any atom is 3.00 e. The van der Waals surface area contributed by atoms with Crippen molar-refractivity contribution in [2.24, 2.45) is 0 Å². The Balaban J connectivity index is -0.0000000722. The van der Waals surface area contributed by atoms with Crippen LogP contribution in [0.1, 0.15) is 40.0 Å². The van der Waals surface area contributed by atoms with Crippen molar-refractivity contribution in [1.82, 2.24) is 0 Å². The van der Waals surface area contributed by atoms with E-state index in [1.807, 2.05) is 13.6 Å². The van der Waals surface area contributed by atoms with Gasteiger partial charge in [-0.05, 0) is 20.8 Å². The molecular formula is C17H19O14Rh. The van der Waals surface area contributed by atoms with Crippen molar-refractivity contribution >= 4 is 66.2 Å². The molecule has 32 heavy (non-hydrogen) atoms. The Kier molecular flexibility index (Phi) is 36.4. The summed E-state index contributed by atoms with van der Waals surface area (Å²) in [5, 5.41) is 28.9. The summed E-state index contributed by atoms with van der Waals surface area (Å²) < 4.78 is 0. The SMILES string of the molecule is C=O.C=O.CC(=O)CC(=O)C(=O)[O-].CC(=O)CC(=O)C(=O)[O-].CC(=O)CC(=O)C(=O)[O-].[Rh+3]. The second kappa shape index (κ2) is 27.4. The van der Waals surface area contributed by atoms with E-state index in [1.54, 1.807) is 0 Å². The van der Waals surface area contributed by atoms with Crippen LogP contribution in [0.25, 0.3) is 0 Å². The van der Waals surface area contributed by atoms with Gasteiger partial charge in [-0.15, -0.1) is 0 Å². The number of Topliss-reactive ketones (excluding diaryl/α,β-unsaturated/α-hetero) is 6. The molecule has 180 valence electrons. The van der Waals surface area contributed by atoms with Crippen molar-refractivity contribution in [3.8, 4) is 0 Å². The van der Waals surface area contributed by atoms with Crippen LogP contribution >= 0.6 is 0 Å². The molecule has 0 rings (SSSR count). The first-order valence-electron chi connectivity index (χ1n) is 7.40. The van der Waals surface area contributed by atoms with Gasteiger partial charge < -0.3 is 39.3 Å². The van der Waals surface area contributed by atoms with E-state index in [0.717, 1.165) is 20.8 Å². The Labute approximate surface area is 194 Å². The smallest absolute Gasteiger partial charge is 0.542 e. The van der Waals surface area contributed by atoms with E-state index in [4.69, 9.17) is 9.59 Å². The maximum atomic E-state index is 10.1. The van der Waals surface area contributed by atoms with Crippen molar-refractivity contribution in [3.05, 3.63) is 0 Å². The number of carbonyl (C=O) groups is 11. The third-order valence-electron chi connectivity index (χ3n) is 1.91. The minimum atomic E-state index is -1.80. The van der Waals surface area contributed by atoms with Gasteiger partial charge in [-0.2, -0.15) is 0 Å². The average molecular weight is 550 g/mol. The summed E-state index contributed by atoms with van der Waals surface area (Å²) in [6.07, 6.45) is -1.70. The number of hydrogen-bond donors (Lipinski definition) is 0. The Morgan fingerprint density at radius 1 is 0.469 bits per heavy atom. The van der Waals surface area contributed by atoms with Crippen LogP contribution in [0, 0.1) is 0 Å². The fourth-order valence-electron chi connectivity index (χ4n) is 0.895. The molecule has 0 bridgehead atoms. The van der Waals surface area contributed by atoms with Gasteiger partial charge in [0.2, 0.25) is 0 Å². The number of carboxylic acids is 3. The molecule has 0 aromatic heterocycles. The topological polar surface area (TPSA) is 257 Å². The Bertz CT molecular complexity index is 603. The monoisotopic (exact) mass is 550 g/mol. The maximum absolute atomic E-state index is 10.1. The van der Waals surface area contributed by atoms with Gasteiger partial charge in [0, 0.05) is 0 Å². The standard InChI is InChI=1S/3C5H6O4.2CH2O.Rh/c3*1-3(6)2-4(7)5(8)9;2*1-2;/h3*2H2,1H3,(H,8,9);2*1H2;/q;;;;;+3/p-3. The molecule has 0 aliphatic rings. The van der Waals surface area contributed by atoms with E-state index in [0.29, 0.717) is 0 Å². The molecule has 0 atom stereocenters. The molecule has 0 amide bonds. The second-order valence-corrected chi connectivity index (χ2v) is 4.77. The zero-order chi connectivity index (χ0) is 26.3. The zero-order valence-electron chi connectivity index (χ0n) is 17.1. The average Bonchev–Trinajstić information content (AvgIpc) is 2.64. The van der Waals surface area contributed by atoms with E-state index >= 15 is 0 Å². The van der Waals surface area contributed by atoms with Gasteiger partial charge in [-0.1, -0.05) is 0 Å². The third-order valence-corrected chi connectivity index (χ3v) is 1.91. The summed E-state index contributed by atoms with van der Waals surface area (Å²) in [7, 11) is 0. The van der Waals surface area contributed by atoms with Crippen LogP contribution in [0.5, 0.6) is 0 Å². The predicted molar refractivity (Wildman–Crippen MR) is 90.2 cm³/mol. The van der Waals surface area contributed by atoms with Gasteiger partial charge in [0.05, 0.1) is 19.3 Å². The van der Waals surface area contributed by atoms with Gasteiger partial charge in [0.25, 0.3) is 0 Å². The molecule has 0 unspecified atom stereocenters. The first-order chi connectivity index (χ1) is 14.1. The Morgan fingerprint density at radius 2 is 0.594 bits per heavy atom. The fraction of sp³-hybridized carbons (Fsp3) is 0.353. The fourth-order valence-corrected chi connectivity index (χ4v) is 0.895. The molecule has 0 aliphatic carbocycles. The third kappa shape index (κ3) is 40.9. The van der Waals surface area contributed by atoms with E-state index in [2.05, 4.69) is 0 Å². The number of carboxylic acid groups (broad SMARTS) is 3. The first-order valence-corrected chi connectivity index (χ1v) is 7.40. The van der Waals surface area contributed by atoms with Crippen LogP contribution in [0.2, 0.25) is 0 Å². The zero-order valence-corrected chi connectivity index (χ0v) is 18.7. The number of ketones is 6. The number of hydrogen-bond acceptors (Lipinski definition) is 14. The Hall–Kier alpha value is -3.61. The second-order valence-electron chi connectivity index (χ2n) is 4.77. The van der Waals surface area contributed by atoms with Gasteiger partial charge >= 0.3 is 19.5 Å². The van der Waals surface area contributed by atoms with Gasteiger partial charge in [0.1, 0.15) is 48.8 Å². The molecule has 0 aromatic rings. The number of aliphatic carboxylic acids is 3. The summed E-state index contributed by atoms with van der Waals surface area (Å²) in [4.78, 5) is 105. The van der Waals surface area contributed by atoms with Crippen molar-refractivity contribution in [3.63, 3.8) is 0 Å². The molecule has 0 N–H and O–H groups in total. The van der Waals surface area contributed by atoms with Crippen molar-refractivity contribution in [1.29, 1.82) is 0 Å². The molecule has 14 nitrogen and oxygen atoms in total. The van der Waals surface area contributed by atoms with Crippen LogP contribution in [0.4, 0.5) is 0 Å². The molecular weight excluding hydrogens is 531 g/mol. The molecule has 0 radical (unpaired) electrons. The predicted octanol–water partition coefficient (Wildman–Crippen LogP) is -5.52. The number of rotatable bonds is 9. The molecule has 15 heteroatoms. The molecule has 0 saturated heterocycles. The van der Waals surface area contributed by atoms with Crippen LogP contribution in [0.15, 0.2) is 0 Å². The van der Waals surface area contributed by atoms with Crippen LogP contribution < -0.4 is 15.3 Å². The minimum Gasteiger partial charge on any atom is -0.542 e. The van der Waals surface area contributed by atoms with E-state index in [1.165, 1.54) is 0 Å². The first kappa shape index (κ1) is 42.5. The van der Waals surface area contributed by atoms with E-state index < -0.39 is 71.9 Å². The van der Waals surface area contributed by atoms with Gasteiger partial charge in [-0.25, -0.2) is 0 Å². The number of carbonyl (C=O) groups excluding carboxylic acids is 11. The normalized spacial score (nSPS) is 7.47. The van der Waals surface area contributed by atoms with Crippen LogP contribution in [-0.4, -0.2) is 66.2 Å². The summed E-state index contributed by atoms with van der Waals surface area (Å²) >= 11 is 0. The molecule has 0 aliphatic heterocycles. The van der Waals surface area contributed by atoms with Crippen LogP contribution in [-0.2, 0) is 72.2 Å².